The Balaban J connectivity index is 1.93. The first-order chi connectivity index (χ1) is 12.9. The molecule has 0 bridgehead atoms. The highest BCUT2D eigenvalue weighted by Gasteiger charge is 2.15. The van der Waals surface area contributed by atoms with Crippen molar-refractivity contribution in [3.8, 4) is 5.75 Å². The number of aryl methyl sites for hydroxylation is 2. The highest BCUT2D eigenvalue weighted by Crippen LogP contribution is 2.30. The van der Waals surface area contributed by atoms with Crippen LogP contribution < -0.4 is 15.5 Å². The lowest BCUT2D eigenvalue weighted by molar-refractivity contribution is -0.305. The number of halogens is 1. The number of aliphatic carboxylic acids is 1. The molecule has 1 aromatic heterocycles. The Labute approximate surface area is 161 Å². The summed E-state index contributed by atoms with van der Waals surface area (Å²) in [5, 5.41) is 12.1. The second kappa shape index (κ2) is 7.84. The number of carboxylic acid groups (broad SMARTS) is 1. The standard InChI is InChI=1S/C21H19ClO5/c1-12-16-6-8-18(26-11-14-4-3-5-15(22)10-14)13(2)20(16)27-21(25)17(12)7-9-19(23)24/h3-6,8,10H,7,9,11H2,1-2H3,(H,23,24)/p-1. The van der Waals surface area contributed by atoms with E-state index in [1.165, 1.54) is 0 Å². The maximum Gasteiger partial charge on any atom is 0.339 e. The van der Waals surface area contributed by atoms with Gasteiger partial charge in [-0.1, -0.05) is 23.7 Å². The Morgan fingerprint density at radius 1 is 1.19 bits per heavy atom. The molecule has 2 aromatic carbocycles. The van der Waals surface area contributed by atoms with E-state index in [4.69, 9.17) is 20.8 Å². The monoisotopic (exact) mass is 385 g/mol. The molecule has 0 amide bonds. The van der Waals surface area contributed by atoms with Crippen LogP contribution in [0.4, 0.5) is 0 Å². The van der Waals surface area contributed by atoms with Crippen molar-refractivity contribution in [2.45, 2.75) is 33.3 Å². The quantitative estimate of drug-likeness (QED) is 0.608. The lowest BCUT2D eigenvalue weighted by Gasteiger charge is -2.13. The van der Waals surface area contributed by atoms with Gasteiger partial charge in [-0.25, -0.2) is 4.79 Å². The first-order valence-corrected chi connectivity index (χ1v) is 8.87. The van der Waals surface area contributed by atoms with Crippen LogP contribution in [-0.4, -0.2) is 5.97 Å². The molecule has 0 aliphatic carbocycles. The van der Waals surface area contributed by atoms with Crippen molar-refractivity contribution < 1.29 is 19.1 Å². The summed E-state index contributed by atoms with van der Waals surface area (Å²) >= 11 is 5.98. The van der Waals surface area contributed by atoms with E-state index in [0.717, 1.165) is 10.9 Å². The van der Waals surface area contributed by atoms with Gasteiger partial charge in [-0.2, -0.15) is 0 Å². The van der Waals surface area contributed by atoms with Crippen molar-refractivity contribution in [1.82, 2.24) is 0 Å². The number of hydrogen-bond donors (Lipinski definition) is 0. The third-order valence-corrected chi connectivity index (χ3v) is 4.75. The maximum atomic E-state index is 12.3. The van der Waals surface area contributed by atoms with E-state index >= 15 is 0 Å². The largest absolute Gasteiger partial charge is 0.550 e. The van der Waals surface area contributed by atoms with E-state index in [0.29, 0.717) is 39.7 Å². The number of carbonyl (C=O) groups excluding carboxylic acids is 1. The van der Waals surface area contributed by atoms with E-state index < -0.39 is 11.6 Å². The fourth-order valence-corrected chi connectivity index (χ4v) is 3.24. The van der Waals surface area contributed by atoms with Crippen molar-refractivity contribution in [2.75, 3.05) is 0 Å². The van der Waals surface area contributed by atoms with Crippen LogP contribution in [0.3, 0.4) is 0 Å². The van der Waals surface area contributed by atoms with Crippen molar-refractivity contribution in [3.63, 3.8) is 0 Å². The molecule has 0 saturated carbocycles. The van der Waals surface area contributed by atoms with Crippen LogP contribution in [0.15, 0.2) is 45.6 Å². The fourth-order valence-electron chi connectivity index (χ4n) is 3.03. The minimum Gasteiger partial charge on any atom is -0.550 e. The molecule has 140 valence electrons. The molecule has 0 aliphatic heterocycles. The molecule has 0 unspecified atom stereocenters. The first kappa shape index (κ1) is 19.0. The lowest BCUT2D eigenvalue weighted by Crippen LogP contribution is -2.24. The van der Waals surface area contributed by atoms with Gasteiger partial charge >= 0.3 is 5.63 Å². The molecule has 3 rings (SSSR count). The number of hydrogen-bond acceptors (Lipinski definition) is 5. The van der Waals surface area contributed by atoms with Gasteiger partial charge in [-0.05, 0) is 62.1 Å². The average molecular weight is 386 g/mol. The summed E-state index contributed by atoms with van der Waals surface area (Å²) in [5.74, 6) is -0.595. The van der Waals surface area contributed by atoms with Gasteiger partial charge in [0.15, 0.2) is 0 Å². The molecule has 6 heteroatoms. The minimum absolute atomic E-state index is 0.0819. The van der Waals surface area contributed by atoms with Gasteiger partial charge in [-0.3, -0.25) is 0 Å². The Morgan fingerprint density at radius 2 is 1.96 bits per heavy atom. The molecule has 5 nitrogen and oxygen atoms in total. The van der Waals surface area contributed by atoms with E-state index in [1.54, 1.807) is 13.0 Å². The number of fused-ring (bicyclic) bond motifs is 1. The second-order valence-electron chi connectivity index (χ2n) is 6.35. The van der Waals surface area contributed by atoms with Crippen LogP contribution in [0.2, 0.25) is 5.02 Å². The molecule has 27 heavy (non-hydrogen) atoms. The molecular weight excluding hydrogens is 368 g/mol. The summed E-state index contributed by atoms with van der Waals surface area (Å²) in [4.78, 5) is 23.0. The lowest BCUT2D eigenvalue weighted by atomic mass is 10.0. The zero-order valence-electron chi connectivity index (χ0n) is 15.0. The molecule has 0 spiro atoms. The summed E-state index contributed by atoms with van der Waals surface area (Å²) in [6.07, 6.45) is -0.143. The molecule has 0 fully saturated rings. The van der Waals surface area contributed by atoms with Crippen LogP contribution in [0.25, 0.3) is 11.0 Å². The average Bonchev–Trinajstić information content (AvgIpc) is 2.61. The van der Waals surface area contributed by atoms with Gasteiger partial charge in [0, 0.05) is 27.5 Å². The van der Waals surface area contributed by atoms with Gasteiger partial charge < -0.3 is 19.1 Å². The Hall–Kier alpha value is -2.79. The minimum atomic E-state index is -1.20. The molecule has 1 heterocycles. The van der Waals surface area contributed by atoms with Gasteiger partial charge in [0.1, 0.15) is 17.9 Å². The van der Waals surface area contributed by atoms with E-state index in [2.05, 4.69) is 0 Å². The van der Waals surface area contributed by atoms with Crippen LogP contribution in [0.5, 0.6) is 5.75 Å². The van der Waals surface area contributed by atoms with Crippen molar-refractivity contribution in [2.24, 2.45) is 0 Å². The highest BCUT2D eigenvalue weighted by atomic mass is 35.5. The topological polar surface area (TPSA) is 79.6 Å². The van der Waals surface area contributed by atoms with Gasteiger partial charge in [-0.15, -0.1) is 0 Å². The number of carbonyl (C=O) groups is 1. The first-order valence-electron chi connectivity index (χ1n) is 8.50. The van der Waals surface area contributed by atoms with Crippen molar-refractivity contribution in [1.29, 1.82) is 0 Å². The van der Waals surface area contributed by atoms with Crippen molar-refractivity contribution in [3.05, 3.63) is 74.1 Å². The molecule has 3 aromatic rings. The highest BCUT2D eigenvalue weighted by molar-refractivity contribution is 6.30. The fraction of sp³-hybridized carbons (Fsp3) is 0.238. The second-order valence-corrected chi connectivity index (χ2v) is 6.79. The zero-order chi connectivity index (χ0) is 19.6. The van der Waals surface area contributed by atoms with Crippen LogP contribution in [0.1, 0.15) is 28.7 Å². The van der Waals surface area contributed by atoms with E-state index in [9.17, 15) is 14.7 Å². The predicted molar refractivity (Wildman–Crippen MR) is 101 cm³/mol. The van der Waals surface area contributed by atoms with Crippen molar-refractivity contribution >= 4 is 28.5 Å². The van der Waals surface area contributed by atoms with E-state index in [1.807, 2.05) is 37.3 Å². The third kappa shape index (κ3) is 4.14. The summed E-state index contributed by atoms with van der Waals surface area (Å²) in [7, 11) is 0. The Kier molecular flexibility index (Phi) is 5.51. The third-order valence-electron chi connectivity index (χ3n) is 4.52. The smallest absolute Gasteiger partial charge is 0.339 e. The van der Waals surface area contributed by atoms with Crippen LogP contribution in [0, 0.1) is 13.8 Å². The van der Waals surface area contributed by atoms with Gasteiger partial charge in [0.25, 0.3) is 0 Å². The molecule has 0 saturated heterocycles. The number of carboxylic acids is 1. The molecule has 0 N–H and O–H groups in total. The molecule has 0 aliphatic rings. The van der Waals surface area contributed by atoms with Crippen LogP contribution >= 0.6 is 11.6 Å². The van der Waals surface area contributed by atoms with E-state index in [-0.39, 0.29) is 12.8 Å². The number of ether oxygens (including phenoxy) is 1. The summed E-state index contributed by atoms with van der Waals surface area (Å²) < 4.78 is 11.3. The maximum absolute atomic E-state index is 12.3. The predicted octanol–water partition coefficient (Wildman–Crippen LogP) is 3.32. The van der Waals surface area contributed by atoms with Gasteiger partial charge in [0.05, 0.1) is 0 Å². The number of benzene rings is 2. The molecule has 0 atom stereocenters. The van der Waals surface area contributed by atoms with Gasteiger partial charge in [0.2, 0.25) is 0 Å². The normalized spacial score (nSPS) is 10.9. The Morgan fingerprint density at radius 3 is 2.67 bits per heavy atom. The zero-order valence-corrected chi connectivity index (χ0v) is 15.8. The summed E-state index contributed by atoms with van der Waals surface area (Å²) in [6, 6.07) is 11.0. The summed E-state index contributed by atoms with van der Waals surface area (Å²) in [5.41, 5.74) is 2.62. The molecule has 0 radical (unpaired) electrons. The summed E-state index contributed by atoms with van der Waals surface area (Å²) in [6.45, 7) is 3.94. The molecular formula is C21H18ClO5-. The van der Waals surface area contributed by atoms with Crippen LogP contribution in [-0.2, 0) is 17.8 Å². The SMILES string of the molecule is Cc1c(CCC(=O)[O-])c(=O)oc2c(C)c(OCc3cccc(Cl)c3)ccc12. The number of rotatable bonds is 6. The Bertz CT molecular complexity index is 1070.